The number of likely N-dealkylation sites (N-methyl/N-ethyl adjacent to an activating group) is 1. The summed E-state index contributed by atoms with van der Waals surface area (Å²) in [6.45, 7) is 2.27. The monoisotopic (exact) mass is 219 g/mol. The summed E-state index contributed by atoms with van der Waals surface area (Å²) in [6.07, 6.45) is 2.57. The molecule has 16 heavy (non-hydrogen) atoms. The van der Waals surface area contributed by atoms with Crippen molar-refractivity contribution in [3.8, 4) is 0 Å². The second-order valence-electron chi connectivity index (χ2n) is 4.85. The number of rotatable bonds is 3. The van der Waals surface area contributed by atoms with Gasteiger partial charge >= 0.3 is 0 Å². The highest BCUT2D eigenvalue weighted by atomic mass is 15.2. The zero-order chi connectivity index (χ0) is 11.5. The molecule has 3 nitrogen and oxygen atoms in total. The normalized spacial score (nSPS) is 20.7. The van der Waals surface area contributed by atoms with E-state index in [0.29, 0.717) is 6.04 Å². The van der Waals surface area contributed by atoms with Crippen molar-refractivity contribution in [2.45, 2.75) is 18.9 Å². The first-order chi connectivity index (χ1) is 7.66. The smallest absolute Gasteiger partial charge is 0.0417 e. The van der Waals surface area contributed by atoms with E-state index in [0.717, 1.165) is 18.8 Å². The predicted molar refractivity (Wildman–Crippen MR) is 69.8 cm³/mol. The topological polar surface area (TPSA) is 32.5 Å². The third kappa shape index (κ3) is 2.47. The largest absolute Gasteiger partial charge is 0.399 e. The Bertz CT molecular complexity index is 349. The molecule has 3 heteroatoms. The van der Waals surface area contributed by atoms with Crippen LogP contribution in [0.15, 0.2) is 24.3 Å². The molecule has 1 saturated heterocycles. The molecule has 2 rings (SSSR count). The maximum Gasteiger partial charge on any atom is 0.0417 e. The van der Waals surface area contributed by atoms with Crippen molar-refractivity contribution < 1.29 is 0 Å². The van der Waals surface area contributed by atoms with Crippen LogP contribution in [-0.2, 0) is 0 Å². The molecule has 1 fully saturated rings. The first kappa shape index (κ1) is 11.3. The third-order valence-corrected chi connectivity index (χ3v) is 3.15. The summed E-state index contributed by atoms with van der Waals surface area (Å²) in [4.78, 5) is 4.74. The van der Waals surface area contributed by atoms with Crippen LogP contribution in [0.3, 0.4) is 0 Å². The number of hydrogen-bond acceptors (Lipinski definition) is 3. The summed E-state index contributed by atoms with van der Waals surface area (Å²) in [6, 6.07) is 8.85. The standard InChI is InChI=1S/C13H21N3/c1-15(2)10-13-7-4-8-16(13)12-6-3-5-11(14)9-12/h3,5-6,9,13H,4,7-8,10,14H2,1-2H3. The summed E-state index contributed by atoms with van der Waals surface area (Å²) in [5, 5.41) is 0. The quantitative estimate of drug-likeness (QED) is 0.787. The van der Waals surface area contributed by atoms with E-state index in [1.807, 2.05) is 12.1 Å². The zero-order valence-electron chi connectivity index (χ0n) is 10.2. The molecular weight excluding hydrogens is 198 g/mol. The van der Waals surface area contributed by atoms with Crippen LogP contribution in [0.25, 0.3) is 0 Å². The fourth-order valence-corrected chi connectivity index (χ4v) is 2.49. The molecule has 0 spiro atoms. The molecule has 0 saturated carbocycles. The lowest BCUT2D eigenvalue weighted by Gasteiger charge is -2.29. The summed E-state index contributed by atoms with van der Waals surface area (Å²) >= 11 is 0. The van der Waals surface area contributed by atoms with Crippen molar-refractivity contribution >= 4 is 11.4 Å². The molecule has 0 radical (unpaired) electrons. The Morgan fingerprint density at radius 3 is 2.94 bits per heavy atom. The number of nitrogens with two attached hydrogens (primary N) is 1. The number of anilines is 2. The molecule has 0 aliphatic carbocycles. The van der Waals surface area contributed by atoms with E-state index in [9.17, 15) is 0 Å². The number of benzene rings is 1. The van der Waals surface area contributed by atoms with Gasteiger partial charge in [-0.05, 0) is 45.1 Å². The fourth-order valence-electron chi connectivity index (χ4n) is 2.49. The molecule has 1 heterocycles. The Morgan fingerprint density at radius 2 is 2.25 bits per heavy atom. The van der Waals surface area contributed by atoms with Gasteiger partial charge in [-0.1, -0.05) is 6.07 Å². The molecule has 1 atom stereocenters. The molecular formula is C13H21N3. The van der Waals surface area contributed by atoms with Gasteiger partial charge in [0.05, 0.1) is 0 Å². The minimum atomic E-state index is 0.636. The third-order valence-electron chi connectivity index (χ3n) is 3.15. The predicted octanol–water partition coefficient (Wildman–Crippen LogP) is 1.80. The van der Waals surface area contributed by atoms with E-state index < -0.39 is 0 Å². The van der Waals surface area contributed by atoms with Crippen molar-refractivity contribution in [2.24, 2.45) is 0 Å². The van der Waals surface area contributed by atoms with Gasteiger partial charge in [-0.3, -0.25) is 0 Å². The van der Waals surface area contributed by atoms with Crippen LogP contribution in [-0.4, -0.2) is 38.1 Å². The molecule has 1 aromatic rings. The van der Waals surface area contributed by atoms with Crippen LogP contribution < -0.4 is 10.6 Å². The Morgan fingerprint density at radius 1 is 1.44 bits per heavy atom. The lowest BCUT2D eigenvalue weighted by Crippen LogP contribution is -2.37. The first-order valence-electron chi connectivity index (χ1n) is 5.94. The van der Waals surface area contributed by atoms with E-state index in [4.69, 9.17) is 5.73 Å². The maximum absolute atomic E-state index is 5.84. The molecule has 88 valence electrons. The van der Waals surface area contributed by atoms with Crippen LogP contribution in [0.5, 0.6) is 0 Å². The van der Waals surface area contributed by atoms with E-state index in [2.05, 4.69) is 36.0 Å². The Kier molecular flexibility index (Phi) is 3.34. The van der Waals surface area contributed by atoms with Crippen LogP contribution in [0, 0.1) is 0 Å². The maximum atomic E-state index is 5.84. The van der Waals surface area contributed by atoms with Crippen LogP contribution in [0.4, 0.5) is 11.4 Å². The Labute approximate surface area is 97.8 Å². The second-order valence-corrected chi connectivity index (χ2v) is 4.85. The summed E-state index contributed by atoms with van der Waals surface area (Å²) < 4.78 is 0. The molecule has 0 bridgehead atoms. The van der Waals surface area contributed by atoms with Crippen molar-refractivity contribution in [3.63, 3.8) is 0 Å². The van der Waals surface area contributed by atoms with Gasteiger partial charge in [0.1, 0.15) is 0 Å². The number of nitrogens with zero attached hydrogens (tertiary/aromatic N) is 2. The van der Waals surface area contributed by atoms with Gasteiger partial charge in [0.15, 0.2) is 0 Å². The minimum Gasteiger partial charge on any atom is -0.399 e. The first-order valence-corrected chi connectivity index (χ1v) is 5.94. The number of nitrogen functional groups attached to an aromatic ring is 1. The summed E-state index contributed by atoms with van der Waals surface area (Å²) in [7, 11) is 4.27. The molecule has 1 aliphatic heterocycles. The molecule has 2 N–H and O–H groups in total. The van der Waals surface area contributed by atoms with Gasteiger partial charge < -0.3 is 15.5 Å². The van der Waals surface area contributed by atoms with Gasteiger partial charge in [0.25, 0.3) is 0 Å². The molecule has 1 unspecified atom stereocenters. The van der Waals surface area contributed by atoms with E-state index >= 15 is 0 Å². The van der Waals surface area contributed by atoms with Crippen molar-refractivity contribution in [2.75, 3.05) is 37.8 Å². The zero-order valence-corrected chi connectivity index (χ0v) is 10.2. The summed E-state index contributed by atoms with van der Waals surface area (Å²) in [5.41, 5.74) is 7.96. The van der Waals surface area contributed by atoms with Gasteiger partial charge in [-0.25, -0.2) is 0 Å². The van der Waals surface area contributed by atoms with E-state index in [1.54, 1.807) is 0 Å². The summed E-state index contributed by atoms with van der Waals surface area (Å²) in [5.74, 6) is 0. The molecule has 1 aromatic carbocycles. The number of hydrogen-bond donors (Lipinski definition) is 1. The molecule has 0 aromatic heterocycles. The van der Waals surface area contributed by atoms with Gasteiger partial charge in [0, 0.05) is 30.5 Å². The minimum absolute atomic E-state index is 0.636. The SMILES string of the molecule is CN(C)CC1CCCN1c1cccc(N)c1. The lowest BCUT2D eigenvalue weighted by atomic mass is 10.2. The Balaban J connectivity index is 2.13. The fraction of sp³-hybridized carbons (Fsp3) is 0.538. The van der Waals surface area contributed by atoms with E-state index in [-0.39, 0.29) is 0 Å². The van der Waals surface area contributed by atoms with Gasteiger partial charge in [-0.15, -0.1) is 0 Å². The highest BCUT2D eigenvalue weighted by Crippen LogP contribution is 2.26. The average molecular weight is 219 g/mol. The Hall–Kier alpha value is -1.22. The van der Waals surface area contributed by atoms with Gasteiger partial charge in [0.2, 0.25) is 0 Å². The van der Waals surface area contributed by atoms with Gasteiger partial charge in [-0.2, -0.15) is 0 Å². The molecule has 0 amide bonds. The van der Waals surface area contributed by atoms with Crippen LogP contribution in [0.2, 0.25) is 0 Å². The van der Waals surface area contributed by atoms with Crippen LogP contribution in [0.1, 0.15) is 12.8 Å². The van der Waals surface area contributed by atoms with Crippen molar-refractivity contribution in [1.29, 1.82) is 0 Å². The highest BCUT2D eigenvalue weighted by molar-refractivity contribution is 5.57. The second kappa shape index (κ2) is 4.74. The average Bonchev–Trinajstić information content (AvgIpc) is 2.65. The highest BCUT2D eigenvalue weighted by Gasteiger charge is 2.24. The van der Waals surface area contributed by atoms with E-state index in [1.165, 1.54) is 18.5 Å². The van der Waals surface area contributed by atoms with Crippen LogP contribution >= 0.6 is 0 Å². The molecule has 1 aliphatic rings. The van der Waals surface area contributed by atoms with Crippen molar-refractivity contribution in [1.82, 2.24) is 4.90 Å². The lowest BCUT2D eigenvalue weighted by molar-refractivity contribution is 0.372. The van der Waals surface area contributed by atoms with Crippen molar-refractivity contribution in [3.05, 3.63) is 24.3 Å².